The van der Waals surface area contributed by atoms with Crippen LogP contribution >= 0.6 is 15.9 Å². The highest BCUT2D eigenvalue weighted by molar-refractivity contribution is 9.10. The van der Waals surface area contributed by atoms with Crippen LogP contribution in [0.5, 0.6) is 5.75 Å². The van der Waals surface area contributed by atoms with Crippen LogP contribution in [0.1, 0.15) is 25.3 Å². The molecule has 0 aromatic heterocycles. The van der Waals surface area contributed by atoms with Crippen molar-refractivity contribution >= 4 is 15.9 Å². The fourth-order valence-electron chi connectivity index (χ4n) is 1.61. The summed E-state index contributed by atoms with van der Waals surface area (Å²) in [6.07, 6.45) is 3.53. The highest BCUT2D eigenvalue weighted by atomic mass is 79.9. The number of hydrogen-bond acceptors (Lipinski definition) is 2. The summed E-state index contributed by atoms with van der Waals surface area (Å²) in [5.74, 6) is 0.935. The second-order valence-electron chi connectivity index (χ2n) is 3.77. The smallest absolute Gasteiger partial charge is 0.119 e. The third kappa shape index (κ3) is 4.54. The predicted molar refractivity (Wildman–Crippen MR) is 72.2 cm³/mol. The number of aryl methyl sites for hydroxylation is 1. The van der Waals surface area contributed by atoms with Crippen molar-refractivity contribution in [2.75, 3.05) is 20.2 Å². The average Bonchev–Trinajstić information content (AvgIpc) is 2.31. The molecule has 0 heterocycles. The zero-order valence-electron chi connectivity index (χ0n) is 10.1. The highest BCUT2D eigenvalue weighted by Gasteiger charge is 2.01. The van der Waals surface area contributed by atoms with Gasteiger partial charge >= 0.3 is 0 Å². The summed E-state index contributed by atoms with van der Waals surface area (Å²) in [6.45, 7) is 4.31. The van der Waals surface area contributed by atoms with Gasteiger partial charge in [-0.1, -0.05) is 22.9 Å². The summed E-state index contributed by atoms with van der Waals surface area (Å²) >= 11 is 3.57. The van der Waals surface area contributed by atoms with Crippen molar-refractivity contribution in [3.8, 4) is 5.75 Å². The first kappa shape index (κ1) is 13.5. The van der Waals surface area contributed by atoms with Crippen LogP contribution in [0.3, 0.4) is 0 Å². The summed E-state index contributed by atoms with van der Waals surface area (Å²) < 4.78 is 6.40. The van der Waals surface area contributed by atoms with Gasteiger partial charge in [0.2, 0.25) is 0 Å². The average molecular weight is 286 g/mol. The third-order valence-electron chi connectivity index (χ3n) is 2.55. The van der Waals surface area contributed by atoms with E-state index in [1.807, 2.05) is 6.07 Å². The Kier molecular flexibility index (Phi) is 6.50. The summed E-state index contributed by atoms with van der Waals surface area (Å²) in [5, 5.41) is 3.34. The van der Waals surface area contributed by atoms with Crippen molar-refractivity contribution < 1.29 is 4.74 Å². The molecule has 0 spiro atoms. The fraction of sp³-hybridized carbons (Fsp3) is 0.538. The quantitative estimate of drug-likeness (QED) is 0.776. The van der Waals surface area contributed by atoms with E-state index < -0.39 is 0 Å². The minimum Gasteiger partial charge on any atom is -0.497 e. The molecule has 90 valence electrons. The van der Waals surface area contributed by atoms with Crippen molar-refractivity contribution in [3.63, 3.8) is 0 Å². The van der Waals surface area contributed by atoms with E-state index in [1.165, 1.54) is 22.9 Å². The molecule has 0 aliphatic rings. The SMILES string of the molecule is CCNCCCCc1cc(OC)ccc1Br. The Bertz CT molecular complexity index is 315. The van der Waals surface area contributed by atoms with Crippen LogP contribution in [-0.2, 0) is 6.42 Å². The van der Waals surface area contributed by atoms with Crippen molar-refractivity contribution in [2.24, 2.45) is 0 Å². The minimum absolute atomic E-state index is 0.935. The molecule has 0 amide bonds. The molecular formula is C13H20BrNO. The van der Waals surface area contributed by atoms with E-state index in [2.05, 4.69) is 40.3 Å². The molecule has 0 atom stereocenters. The zero-order chi connectivity index (χ0) is 11.8. The molecule has 0 unspecified atom stereocenters. The van der Waals surface area contributed by atoms with Crippen LogP contribution in [0.2, 0.25) is 0 Å². The van der Waals surface area contributed by atoms with Gasteiger partial charge in [0.1, 0.15) is 5.75 Å². The lowest BCUT2D eigenvalue weighted by Crippen LogP contribution is -2.13. The molecule has 0 saturated heterocycles. The van der Waals surface area contributed by atoms with Gasteiger partial charge in [-0.15, -0.1) is 0 Å². The lowest BCUT2D eigenvalue weighted by atomic mass is 10.1. The number of hydrogen-bond donors (Lipinski definition) is 1. The van der Waals surface area contributed by atoms with Crippen LogP contribution in [0.4, 0.5) is 0 Å². The Labute approximate surface area is 107 Å². The summed E-state index contributed by atoms with van der Waals surface area (Å²) in [7, 11) is 1.71. The number of nitrogens with one attached hydrogen (secondary N) is 1. The fourth-order valence-corrected chi connectivity index (χ4v) is 2.06. The Morgan fingerprint density at radius 2 is 2.12 bits per heavy atom. The summed E-state index contributed by atoms with van der Waals surface area (Å²) in [4.78, 5) is 0. The molecule has 0 fully saturated rings. The largest absolute Gasteiger partial charge is 0.497 e. The molecule has 1 aromatic rings. The summed E-state index contributed by atoms with van der Waals surface area (Å²) in [6, 6.07) is 6.14. The van der Waals surface area contributed by atoms with Crippen LogP contribution in [0, 0.1) is 0 Å². The molecule has 1 aromatic carbocycles. The predicted octanol–water partition coefficient (Wildman–Crippen LogP) is 3.39. The van der Waals surface area contributed by atoms with Gasteiger partial charge in [-0.25, -0.2) is 0 Å². The van der Waals surface area contributed by atoms with Crippen LogP contribution in [-0.4, -0.2) is 20.2 Å². The van der Waals surface area contributed by atoms with Crippen LogP contribution in [0.15, 0.2) is 22.7 Å². The summed E-state index contributed by atoms with van der Waals surface area (Å²) in [5.41, 5.74) is 1.33. The molecule has 3 heteroatoms. The van der Waals surface area contributed by atoms with Gasteiger partial charge in [-0.05, 0) is 56.1 Å². The second-order valence-corrected chi connectivity index (χ2v) is 4.62. The van der Waals surface area contributed by atoms with E-state index in [-0.39, 0.29) is 0 Å². The first-order valence-electron chi connectivity index (χ1n) is 5.81. The molecule has 0 aliphatic heterocycles. The molecule has 0 radical (unpaired) electrons. The Morgan fingerprint density at radius 3 is 2.81 bits per heavy atom. The Morgan fingerprint density at radius 1 is 1.31 bits per heavy atom. The molecule has 16 heavy (non-hydrogen) atoms. The second kappa shape index (κ2) is 7.69. The number of unbranched alkanes of at least 4 members (excludes halogenated alkanes) is 1. The molecule has 0 saturated carbocycles. The number of rotatable bonds is 7. The lowest BCUT2D eigenvalue weighted by Gasteiger charge is -2.07. The van der Waals surface area contributed by atoms with Crippen molar-refractivity contribution in [1.29, 1.82) is 0 Å². The lowest BCUT2D eigenvalue weighted by molar-refractivity contribution is 0.414. The van der Waals surface area contributed by atoms with Gasteiger partial charge in [0, 0.05) is 4.47 Å². The topological polar surface area (TPSA) is 21.3 Å². The maximum atomic E-state index is 5.22. The van der Waals surface area contributed by atoms with E-state index in [0.29, 0.717) is 0 Å². The molecule has 1 N–H and O–H groups in total. The molecule has 0 bridgehead atoms. The zero-order valence-corrected chi connectivity index (χ0v) is 11.6. The van der Waals surface area contributed by atoms with E-state index in [4.69, 9.17) is 4.74 Å². The number of benzene rings is 1. The van der Waals surface area contributed by atoms with Gasteiger partial charge in [0.05, 0.1) is 7.11 Å². The molecular weight excluding hydrogens is 266 g/mol. The first-order valence-corrected chi connectivity index (χ1v) is 6.60. The molecule has 1 rings (SSSR count). The Balaban J connectivity index is 2.40. The monoisotopic (exact) mass is 285 g/mol. The number of halogens is 1. The third-order valence-corrected chi connectivity index (χ3v) is 3.33. The van der Waals surface area contributed by atoms with E-state index >= 15 is 0 Å². The molecule has 0 aliphatic carbocycles. The standard InChI is InChI=1S/C13H20BrNO/c1-3-15-9-5-4-6-11-10-12(16-2)7-8-13(11)14/h7-8,10,15H,3-6,9H2,1-2H3. The van der Waals surface area contributed by atoms with E-state index in [0.717, 1.165) is 25.3 Å². The maximum Gasteiger partial charge on any atom is 0.119 e. The minimum atomic E-state index is 0.935. The van der Waals surface area contributed by atoms with Crippen LogP contribution in [0.25, 0.3) is 0 Å². The van der Waals surface area contributed by atoms with Gasteiger partial charge in [-0.3, -0.25) is 0 Å². The van der Waals surface area contributed by atoms with Gasteiger partial charge in [0.25, 0.3) is 0 Å². The van der Waals surface area contributed by atoms with Crippen molar-refractivity contribution in [3.05, 3.63) is 28.2 Å². The normalized spacial score (nSPS) is 10.4. The maximum absolute atomic E-state index is 5.22. The number of methoxy groups -OCH3 is 1. The van der Waals surface area contributed by atoms with Crippen LogP contribution < -0.4 is 10.1 Å². The van der Waals surface area contributed by atoms with Gasteiger partial charge in [-0.2, -0.15) is 0 Å². The van der Waals surface area contributed by atoms with E-state index in [1.54, 1.807) is 7.11 Å². The first-order chi connectivity index (χ1) is 7.77. The Hall–Kier alpha value is -0.540. The number of ether oxygens (including phenoxy) is 1. The highest BCUT2D eigenvalue weighted by Crippen LogP contribution is 2.23. The molecule has 2 nitrogen and oxygen atoms in total. The van der Waals surface area contributed by atoms with Crippen molar-refractivity contribution in [1.82, 2.24) is 5.32 Å². The van der Waals surface area contributed by atoms with Gasteiger partial charge in [0.15, 0.2) is 0 Å². The van der Waals surface area contributed by atoms with Gasteiger partial charge < -0.3 is 10.1 Å². The van der Waals surface area contributed by atoms with Crippen molar-refractivity contribution in [2.45, 2.75) is 26.2 Å². The van der Waals surface area contributed by atoms with E-state index in [9.17, 15) is 0 Å².